The third kappa shape index (κ3) is 11.1. The van der Waals surface area contributed by atoms with E-state index < -0.39 is 0 Å². The number of nitrogens with zero attached hydrogens (tertiary/aromatic N) is 1. The third-order valence-corrected chi connectivity index (χ3v) is 3.35. The Hall–Kier alpha value is -1.31. The van der Waals surface area contributed by atoms with E-state index in [4.69, 9.17) is 4.52 Å². The zero-order valence-electron chi connectivity index (χ0n) is 15.8. The summed E-state index contributed by atoms with van der Waals surface area (Å²) in [7, 11) is 0. The molecule has 21 heavy (non-hydrogen) atoms. The highest BCUT2D eigenvalue weighted by atomic mass is 16.5. The van der Waals surface area contributed by atoms with Crippen LogP contribution < -0.4 is 0 Å². The summed E-state index contributed by atoms with van der Waals surface area (Å²) >= 11 is 0. The van der Waals surface area contributed by atoms with Gasteiger partial charge < -0.3 is 4.52 Å². The van der Waals surface area contributed by atoms with Gasteiger partial charge in [0.1, 0.15) is 5.76 Å². The highest BCUT2D eigenvalue weighted by molar-refractivity contribution is 5.20. The number of allylic oxidation sites excluding steroid dienone is 4. The van der Waals surface area contributed by atoms with Crippen LogP contribution >= 0.6 is 0 Å². The first-order chi connectivity index (χ1) is 9.70. The second-order valence-corrected chi connectivity index (χ2v) is 5.75. The summed E-state index contributed by atoms with van der Waals surface area (Å²) in [6.45, 7) is 20.9. The molecule has 0 atom stereocenters. The van der Waals surface area contributed by atoms with Crippen molar-refractivity contribution in [3.63, 3.8) is 0 Å². The van der Waals surface area contributed by atoms with Crippen LogP contribution in [0.25, 0.3) is 0 Å². The predicted molar refractivity (Wildman–Crippen MR) is 94.8 cm³/mol. The summed E-state index contributed by atoms with van der Waals surface area (Å²) in [5.74, 6) is 1.02. The van der Waals surface area contributed by atoms with E-state index in [1.807, 2.05) is 6.92 Å². The molecule has 0 fully saturated rings. The molecule has 0 saturated heterocycles. The molecule has 0 aromatic carbocycles. The largest absolute Gasteiger partial charge is 0.361 e. The molecule has 0 radical (unpaired) electrons. The average molecular weight is 293 g/mol. The maximum atomic E-state index is 5.09. The maximum absolute atomic E-state index is 5.09. The second-order valence-electron chi connectivity index (χ2n) is 5.75. The third-order valence-electron chi connectivity index (χ3n) is 3.35. The number of aryl methyl sites for hydroxylation is 2. The Labute approximate surface area is 132 Å². The first-order valence-electron chi connectivity index (χ1n) is 7.85. The second kappa shape index (κ2) is 12.4. The number of hydrogen-bond donors (Lipinski definition) is 0. The highest BCUT2D eigenvalue weighted by Crippen LogP contribution is 2.12. The lowest BCUT2D eigenvalue weighted by atomic mass is 10.1. The van der Waals surface area contributed by atoms with Gasteiger partial charge in [-0.3, -0.25) is 0 Å². The van der Waals surface area contributed by atoms with Crippen molar-refractivity contribution in [1.82, 2.24) is 5.16 Å². The highest BCUT2D eigenvalue weighted by Gasteiger charge is 2.06. The molecular formula is C19H35NO. The van der Waals surface area contributed by atoms with E-state index in [2.05, 4.69) is 73.5 Å². The minimum Gasteiger partial charge on any atom is -0.361 e. The van der Waals surface area contributed by atoms with Gasteiger partial charge in [0.05, 0.1) is 5.69 Å². The van der Waals surface area contributed by atoms with Crippen molar-refractivity contribution in [2.24, 2.45) is 0 Å². The van der Waals surface area contributed by atoms with Crippen LogP contribution in [0.4, 0.5) is 0 Å². The quantitative estimate of drug-likeness (QED) is 0.586. The van der Waals surface area contributed by atoms with Gasteiger partial charge in [0.15, 0.2) is 0 Å². The van der Waals surface area contributed by atoms with Crippen LogP contribution in [0.3, 0.4) is 0 Å². The Kier molecular flexibility index (Phi) is 13.0. The molecule has 122 valence electrons. The normalized spacial score (nSPS) is 8.86. The van der Waals surface area contributed by atoms with Crippen molar-refractivity contribution < 1.29 is 4.52 Å². The fraction of sp³-hybridized carbons (Fsp3) is 0.632. The molecule has 0 N–H and O–H groups in total. The fourth-order valence-corrected chi connectivity index (χ4v) is 1.07. The van der Waals surface area contributed by atoms with Crippen LogP contribution in [0, 0.1) is 6.92 Å². The minimum atomic E-state index is 0.943. The van der Waals surface area contributed by atoms with Crippen molar-refractivity contribution in [2.45, 2.75) is 82.1 Å². The van der Waals surface area contributed by atoms with Crippen molar-refractivity contribution >= 4 is 0 Å². The molecule has 1 rings (SSSR count). The zero-order chi connectivity index (χ0) is 17.0. The van der Waals surface area contributed by atoms with Crippen molar-refractivity contribution in [1.29, 1.82) is 0 Å². The summed E-state index contributed by atoms with van der Waals surface area (Å²) in [5, 5.41) is 3.93. The molecule has 1 aromatic rings. The van der Waals surface area contributed by atoms with Gasteiger partial charge in [0, 0.05) is 12.0 Å². The van der Waals surface area contributed by atoms with E-state index in [9.17, 15) is 0 Å². The Morgan fingerprint density at radius 3 is 1.52 bits per heavy atom. The van der Waals surface area contributed by atoms with Crippen LogP contribution in [0.2, 0.25) is 0 Å². The van der Waals surface area contributed by atoms with E-state index in [-0.39, 0.29) is 0 Å². The molecule has 1 heterocycles. The van der Waals surface area contributed by atoms with Gasteiger partial charge in [-0.15, -0.1) is 0 Å². The van der Waals surface area contributed by atoms with Gasteiger partial charge in [0.2, 0.25) is 0 Å². The minimum absolute atomic E-state index is 0.943. The van der Waals surface area contributed by atoms with Gasteiger partial charge in [-0.25, -0.2) is 0 Å². The Balaban J connectivity index is 0. The van der Waals surface area contributed by atoms with Crippen molar-refractivity contribution in [3.05, 3.63) is 39.8 Å². The first-order valence-corrected chi connectivity index (χ1v) is 7.85. The number of aromatic nitrogens is 1. The van der Waals surface area contributed by atoms with Crippen LogP contribution in [-0.4, -0.2) is 5.16 Å². The molecule has 1 aromatic heterocycles. The smallest absolute Gasteiger partial charge is 0.139 e. The Morgan fingerprint density at radius 2 is 1.38 bits per heavy atom. The van der Waals surface area contributed by atoms with E-state index >= 15 is 0 Å². The molecule has 0 amide bonds. The SMILES string of the molecule is CC(C)=C(C)C.CC=C(C)C.CCc1noc(CC)c1C. The van der Waals surface area contributed by atoms with Gasteiger partial charge in [-0.05, 0) is 61.8 Å². The predicted octanol–water partition coefficient (Wildman–Crippen LogP) is 6.44. The molecule has 2 nitrogen and oxygen atoms in total. The van der Waals surface area contributed by atoms with Gasteiger partial charge in [0.25, 0.3) is 0 Å². The molecule has 0 bridgehead atoms. The summed E-state index contributed by atoms with van der Waals surface area (Å²) in [6, 6.07) is 0. The lowest BCUT2D eigenvalue weighted by molar-refractivity contribution is 0.380. The Bertz CT molecular complexity index is 407. The van der Waals surface area contributed by atoms with Crippen LogP contribution in [0.5, 0.6) is 0 Å². The molecular weight excluding hydrogens is 258 g/mol. The van der Waals surface area contributed by atoms with E-state index in [1.54, 1.807) is 0 Å². The molecule has 0 aliphatic heterocycles. The molecule has 0 aliphatic carbocycles. The van der Waals surface area contributed by atoms with Crippen LogP contribution in [-0.2, 0) is 12.8 Å². The fourth-order valence-electron chi connectivity index (χ4n) is 1.07. The van der Waals surface area contributed by atoms with Gasteiger partial charge in [-0.2, -0.15) is 0 Å². The molecule has 0 aliphatic rings. The molecule has 0 unspecified atom stereocenters. The number of hydrogen-bond acceptors (Lipinski definition) is 2. The van der Waals surface area contributed by atoms with Gasteiger partial charge >= 0.3 is 0 Å². The average Bonchev–Trinajstić information content (AvgIpc) is 2.80. The van der Waals surface area contributed by atoms with E-state index in [0.717, 1.165) is 24.3 Å². The molecule has 2 heteroatoms. The molecule has 0 saturated carbocycles. The maximum Gasteiger partial charge on any atom is 0.139 e. The van der Waals surface area contributed by atoms with Crippen LogP contribution in [0.15, 0.2) is 27.3 Å². The monoisotopic (exact) mass is 293 g/mol. The Morgan fingerprint density at radius 1 is 0.952 bits per heavy atom. The standard InChI is InChI=1S/C8H13NO.C6H12.C5H10/c1-4-7-6(3)8(5-2)10-9-7;1-5(2)6(3)4;1-4-5(2)3/h4-5H2,1-3H3;1-4H3;4H,1-3H3. The summed E-state index contributed by atoms with van der Waals surface area (Å²) in [4.78, 5) is 0. The summed E-state index contributed by atoms with van der Waals surface area (Å²) in [5.41, 5.74) is 6.55. The van der Waals surface area contributed by atoms with E-state index in [0.29, 0.717) is 0 Å². The summed E-state index contributed by atoms with van der Waals surface area (Å²) in [6.07, 6.45) is 3.99. The van der Waals surface area contributed by atoms with Gasteiger partial charge in [-0.1, -0.05) is 41.8 Å². The topological polar surface area (TPSA) is 26.0 Å². The van der Waals surface area contributed by atoms with E-state index in [1.165, 1.54) is 22.3 Å². The lowest BCUT2D eigenvalue weighted by Crippen LogP contribution is -1.84. The molecule has 0 spiro atoms. The summed E-state index contributed by atoms with van der Waals surface area (Å²) < 4.78 is 5.09. The number of rotatable bonds is 2. The van der Waals surface area contributed by atoms with Crippen LogP contribution in [0.1, 0.15) is 79.3 Å². The zero-order valence-corrected chi connectivity index (χ0v) is 15.8. The lowest BCUT2D eigenvalue weighted by Gasteiger charge is -1.89. The van der Waals surface area contributed by atoms with Crippen molar-refractivity contribution in [2.75, 3.05) is 0 Å². The first kappa shape index (κ1) is 22.0. The van der Waals surface area contributed by atoms with Crippen molar-refractivity contribution in [3.8, 4) is 0 Å².